The van der Waals surface area contributed by atoms with Crippen LogP contribution in [0.3, 0.4) is 0 Å². The number of halogens is 1. The summed E-state index contributed by atoms with van der Waals surface area (Å²) in [6.07, 6.45) is 0.724. The molecule has 0 bridgehead atoms. The summed E-state index contributed by atoms with van der Waals surface area (Å²) >= 11 is 3.45. The molecule has 1 N–H and O–H groups in total. The van der Waals surface area contributed by atoms with Gasteiger partial charge in [0.2, 0.25) is 11.8 Å². The molecule has 4 rings (SSSR count). The third-order valence-electron chi connectivity index (χ3n) is 6.69. The maximum atomic E-state index is 13.8. The van der Waals surface area contributed by atoms with Crippen LogP contribution in [0, 0.1) is 0 Å². The normalized spacial score (nSPS) is 13.7. The van der Waals surface area contributed by atoms with E-state index in [1.165, 1.54) is 4.90 Å². The molecule has 4 amide bonds. The van der Waals surface area contributed by atoms with Crippen LogP contribution in [0.15, 0.2) is 83.3 Å². The molecule has 0 unspecified atom stereocenters. The van der Waals surface area contributed by atoms with Crippen LogP contribution in [0.1, 0.15) is 65.5 Å². The van der Waals surface area contributed by atoms with Crippen molar-refractivity contribution in [3.8, 4) is 0 Å². The van der Waals surface area contributed by atoms with Gasteiger partial charge in [-0.1, -0.05) is 70.5 Å². The molecule has 0 saturated carbocycles. The summed E-state index contributed by atoms with van der Waals surface area (Å²) in [5, 5.41) is 3.05. The fraction of sp³-hybridized carbons (Fsp3) is 0.312. The number of carbonyl (C=O) groups is 4. The molecule has 0 radical (unpaired) electrons. The van der Waals surface area contributed by atoms with Crippen LogP contribution in [0.2, 0.25) is 0 Å². The SMILES string of the molecule is CC(C)(C)NC(=O)[C@H](Cc1ccccc1)N(Cc1ccc(Br)cc1)C(=O)CCCN1C(=O)c2ccccc2C1=O. The quantitative estimate of drug-likeness (QED) is 0.315. The molecule has 1 heterocycles. The number of rotatable bonds is 10. The predicted octanol–water partition coefficient (Wildman–Crippen LogP) is 5.38. The Morgan fingerprint density at radius 1 is 0.850 bits per heavy atom. The first kappa shape index (κ1) is 29.2. The lowest BCUT2D eigenvalue weighted by molar-refractivity contribution is -0.142. The Morgan fingerprint density at radius 3 is 2.00 bits per heavy atom. The van der Waals surface area contributed by atoms with Crippen LogP contribution >= 0.6 is 15.9 Å². The lowest BCUT2D eigenvalue weighted by atomic mass is 10.00. The van der Waals surface area contributed by atoms with E-state index in [0.717, 1.165) is 15.6 Å². The number of amides is 4. The van der Waals surface area contributed by atoms with Gasteiger partial charge in [-0.15, -0.1) is 0 Å². The number of nitrogens with zero attached hydrogens (tertiary/aromatic N) is 2. The highest BCUT2D eigenvalue weighted by atomic mass is 79.9. The maximum Gasteiger partial charge on any atom is 0.261 e. The van der Waals surface area contributed by atoms with E-state index >= 15 is 0 Å². The molecule has 0 aromatic heterocycles. The summed E-state index contributed by atoms with van der Waals surface area (Å²) < 4.78 is 0.918. The van der Waals surface area contributed by atoms with Crippen molar-refractivity contribution in [2.24, 2.45) is 0 Å². The van der Waals surface area contributed by atoms with E-state index in [4.69, 9.17) is 0 Å². The molecular formula is C32H34BrN3O4. The fourth-order valence-corrected chi connectivity index (χ4v) is 5.03. The molecule has 0 aliphatic carbocycles. The molecule has 1 atom stereocenters. The minimum atomic E-state index is -0.753. The summed E-state index contributed by atoms with van der Waals surface area (Å²) in [5.41, 5.74) is 2.12. The number of imide groups is 1. The van der Waals surface area contributed by atoms with Crippen LogP contribution in [-0.4, -0.2) is 51.6 Å². The van der Waals surface area contributed by atoms with Crippen molar-refractivity contribution >= 4 is 39.6 Å². The first-order valence-electron chi connectivity index (χ1n) is 13.4. The fourth-order valence-electron chi connectivity index (χ4n) is 4.77. The first-order chi connectivity index (χ1) is 19.0. The van der Waals surface area contributed by atoms with E-state index in [1.807, 2.05) is 75.4 Å². The Hall–Kier alpha value is -3.78. The highest BCUT2D eigenvalue weighted by molar-refractivity contribution is 9.10. The van der Waals surface area contributed by atoms with E-state index in [9.17, 15) is 19.2 Å². The van der Waals surface area contributed by atoms with Gasteiger partial charge in [0.25, 0.3) is 11.8 Å². The van der Waals surface area contributed by atoms with Crippen LogP contribution in [0.25, 0.3) is 0 Å². The average Bonchev–Trinajstić information content (AvgIpc) is 3.16. The third-order valence-corrected chi connectivity index (χ3v) is 7.21. The first-order valence-corrected chi connectivity index (χ1v) is 14.2. The van der Waals surface area contributed by atoms with Gasteiger partial charge >= 0.3 is 0 Å². The highest BCUT2D eigenvalue weighted by Gasteiger charge is 2.36. The number of benzene rings is 3. The van der Waals surface area contributed by atoms with Gasteiger partial charge < -0.3 is 10.2 Å². The topological polar surface area (TPSA) is 86.8 Å². The monoisotopic (exact) mass is 603 g/mol. The zero-order valence-corrected chi connectivity index (χ0v) is 24.6. The van der Waals surface area contributed by atoms with Gasteiger partial charge in [0, 0.05) is 35.9 Å². The van der Waals surface area contributed by atoms with E-state index in [-0.39, 0.29) is 43.1 Å². The van der Waals surface area contributed by atoms with Gasteiger partial charge in [-0.2, -0.15) is 0 Å². The summed E-state index contributed by atoms with van der Waals surface area (Å²) in [4.78, 5) is 55.8. The second-order valence-electron chi connectivity index (χ2n) is 11.0. The van der Waals surface area contributed by atoms with Gasteiger partial charge in [-0.3, -0.25) is 24.1 Å². The van der Waals surface area contributed by atoms with Crippen molar-refractivity contribution in [1.29, 1.82) is 0 Å². The van der Waals surface area contributed by atoms with Gasteiger partial charge in [0.1, 0.15) is 6.04 Å². The summed E-state index contributed by atoms with van der Waals surface area (Å²) in [6.45, 7) is 6.10. The minimum absolute atomic E-state index is 0.0814. The molecule has 3 aromatic rings. The van der Waals surface area contributed by atoms with Crippen molar-refractivity contribution in [1.82, 2.24) is 15.1 Å². The molecule has 0 fully saturated rings. The van der Waals surface area contributed by atoms with E-state index in [1.54, 1.807) is 29.2 Å². The van der Waals surface area contributed by atoms with Gasteiger partial charge in [-0.25, -0.2) is 0 Å². The highest BCUT2D eigenvalue weighted by Crippen LogP contribution is 2.24. The molecule has 40 heavy (non-hydrogen) atoms. The molecule has 0 saturated heterocycles. The predicted molar refractivity (Wildman–Crippen MR) is 158 cm³/mol. The van der Waals surface area contributed by atoms with Gasteiger partial charge in [0.15, 0.2) is 0 Å². The van der Waals surface area contributed by atoms with Crippen LogP contribution < -0.4 is 5.32 Å². The lowest BCUT2D eigenvalue weighted by Crippen LogP contribution is -2.54. The summed E-state index contributed by atoms with van der Waals surface area (Å²) in [6, 6.07) is 23.3. The second-order valence-corrected chi connectivity index (χ2v) is 11.9. The lowest BCUT2D eigenvalue weighted by Gasteiger charge is -2.34. The van der Waals surface area contributed by atoms with Crippen LogP contribution in [-0.2, 0) is 22.6 Å². The largest absolute Gasteiger partial charge is 0.350 e. The molecule has 0 spiro atoms. The Kier molecular flexibility index (Phi) is 9.20. The molecule has 7 nitrogen and oxygen atoms in total. The molecule has 1 aliphatic heterocycles. The van der Waals surface area contributed by atoms with E-state index < -0.39 is 11.6 Å². The van der Waals surface area contributed by atoms with Crippen LogP contribution in [0.5, 0.6) is 0 Å². The number of hydrogen-bond acceptors (Lipinski definition) is 4. The summed E-state index contributed by atoms with van der Waals surface area (Å²) in [5.74, 6) is -1.13. The van der Waals surface area contributed by atoms with Crippen molar-refractivity contribution in [3.05, 3.63) is 106 Å². The molecule has 208 valence electrons. The van der Waals surface area contributed by atoms with Crippen LogP contribution in [0.4, 0.5) is 0 Å². The van der Waals surface area contributed by atoms with Gasteiger partial charge in [-0.05, 0) is 62.6 Å². The molecule has 8 heteroatoms. The third kappa shape index (κ3) is 7.24. The number of nitrogens with one attached hydrogen (secondary N) is 1. The molecule has 1 aliphatic rings. The number of hydrogen-bond donors (Lipinski definition) is 1. The standard InChI is InChI=1S/C32H34BrN3O4/c1-32(2,3)34-29(38)27(20-22-10-5-4-6-11-22)36(21-23-15-17-24(33)18-16-23)28(37)14-9-19-35-30(39)25-12-7-8-13-26(25)31(35)40/h4-8,10-13,15-18,27H,9,14,19-21H2,1-3H3,(H,34,38)/t27-/m0/s1. The number of carbonyl (C=O) groups excluding carboxylic acids is 4. The van der Waals surface area contributed by atoms with E-state index in [0.29, 0.717) is 24.0 Å². The maximum absolute atomic E-state index is 13.8. The zero-order valence-electron chi connectivity index (χ0n) is 23.0. The Morgan fingerprint density at radius 2 is 1.43 bits per heavy atom. The summed E-state index contributed by atoms with van der Waals surface area (Å²) in [7, 11) is 0. The van der Waals surface area contributed by atoms with Crippen molar-refractivity contribution in [3.63, 3.8) is 0 Å². The minimum Gasteiger partial charge on any atom is -0.350 e. The zero-order chi connectivity index (χ0) is 28.9. The smallest absolute Gasteiger partial charge is 0.261 e. The van der Waals surface area contributed by atoms with Crippen molar-refractivity contribution in [2.45, 2.75) is 58.2 Å². The molecule has 3 aromatic carbocycles. The van der Waals surface area contributed by atoms with Gasteiger partial charge in [0.05, 0.1) is 11.1 Å². The Balaban J connectivity index is 1.55. The van der Waals surface area contributed by atoms with Crippen molar-refractivity contribution in [2.75, 3.05) is 6.54 Å². The van der Waals surface area contributed by atoms with E-state index in [2.05, 4.69) is 21.2 Å². The average molecular weight is 605 g/mol. The molecular weight excluding hydrogens is 570 g/mol. The second kappa shape index (κ2) is 12.6. The Labute approximate surface area is 243 Å². The Bertz CT molecular complexity index is 1350. The van der Waals surface area contributed by atoms with Crippen molar-refractivity contribution < 1.29 is 19.2 Å². The number of fused-ring (bicyclic) bond motifs is 1.